The molecule has 1 aliphatic rings. The van der Waals surface area contributed by atoms with Crippen LogP contribution in [-0.2, 0) is 11.2 Å². The first kappa shape index (κ1) is 15.2. The Morgan fingerprint density at radius 1 is 1.00 bits per heavy atom. The van der Waals surface area contributed by atoms with Crippen LogP contribution in [0.2, 0.25) is 0 Å². The lowest BCUT2D eigenvalue weighted by atomic mass is 10.0. The molecule has 124 valence electrons. The molecule has 5 nitrogen and oxygen atoms in total. The molecule has 0 unspecified atom stereocenters. The van der Waals surface area contributed by atoms with Crippen LogP contribution in [0.25, 0.3) is 16.5 Å². The van der Waals surface area contributed by atoms with E-state index in [2.05, 4.69) is 4.98 Å². The third-order valence-corrected chi connectivity index (χ3v) is 4.48. The molecule has 0 bridgehead atoms. The number of amides is 1. The summed E-state index contributed by atoms with van der Waals surface area (Å²) in [5.41, 5.74) is 3.07. The molecule has 1 amide bonds. The van der Waals surface area contributed by atoms with Gasteiger partial charge in [-0.3, -0.25) is 4.79 Å². The number of aromatic amines is 1. The van der Waals surface area contributed by atoms with Gasteiger partial charge in [-0.2, -0.15) is 0 Å². The van der Waals surface area contributed by atoms with Crippen molar-refractivity contribution in [3.05, 3.63) is 77.6 Å². The van der Waals surface area contributed by atoms with Crippen LogP contribution in [0.3, 0.4) is 0 Å². The predicted molar refractivity (Wildman–Crippen MR) is 95.1 cm³/mol. The Balaban J connectivity index is 1.81. The highest BCUT2D eigenvalue weighted by molar-refractivity contribution is 6.17. The molecule has 25 heavy (non-hydrogen) atoms. The minimum atomic E-state index is -1.06. The minimum absolute atomic E-state index is 0.105. The Hall–Kier alpha value is -3.34. The van der Waals surface area contributed by atoms with Gasteiger partial charge >= 0.3 is 5.97 Å². The zero-order chi connectivity index (χ0) is 17.4. The third kappa shape index (κ3) is 2.59. The number of hydrogen-bond acceptors (Lipinski definition) is 2. The van der Waals surface area contributed by atoms with Crippen molar-refractivity contribution in [2.45, 2.75) is 6.42 Å². The monoisotopic (exact) mass is 332 g/mol. The van der Waals surface area contributed by atoms with Gasteiger partial charge in [-0.05, 0) is 30.2 Å². The second kappa shape index (κ2) is 5.94. The van der Waals surface area contributed by atoms with Crippen LogP contribution in [0.4, 0.5) is 0 Å². The van der Waals surface area contributed by atoms with E-state index >= 15 is 0 Å². The fraction of sp³-hybridized carbons (Fsp3) is 0.100. The number of carbonyl (C=O) groups is 2. The quantitative estimate of drug-likeness (QED) is 0.756. The summed E-state index contributed by atoms with van der Waals surface area (Å²) in [5.74, 6) is -1.26. The number of carboxylic acid groups (broad SMARTS) is 1. The smallest absolute Gasteiger partial charge is 0.339 e. The van der Waals surface area contributed by atoms with E-state index < -0.39 is 5.97 Å². The Morgan fingerprint density at radius 3 is 2.48 bits per heavy atom. The van der Waals surface area contributed by atoms with Crippen molar-refractivity contribution in [3.8, 4) is 0 Å². The Bertz CT molecular complexity index is 1000. The number of carbonyl (C=O) groups excluding carboxylic acids is 1. The molecule has 3 aromatic rings. The van der Waals surface area contributed by atoms with Gasteiger partial charge in [-0.1, -0.05) is 36.4 Å². The number of aliphatic carboxylic acids is 1. The van der Waals surface area contributed by atoms with E-state index in [1.165, 1.54) is 11.1 Å². The maximum absolute atomic E-state index is 12.7. The maximum Gasteiger partial charge on any atom is 0.339 e. The molecule has 1 aromatic heterocycles. The lowest BCUT2D eigenvalue weighted by Crippen LogP contribution is -2.27. The number of H-pyrrole nitrogens is 1. The topological polar surface area (TPSA) is 73.4 Å². The highest BCUT2D eigenvalue weighted by Crippen LogP contribution is 2.31. The molecule has 2 N–H and O–H groups in total. The average Bonchev–Trinajstić information content (AvgIpc) is 2.89. The Kier molecular flexibility index (Phi) is 3.61. The van der Waals surface area contributed by atoms with Crippen LogP contribution in [-0.4, -0.2) is 33.4 Å². The van der Waals surface area contributed by atoms with Gasteiger partial charge in [0, 0.05) is 29.2 Å². The third-order valence-electron chi connectivity index (χ3n) is 4.48. The molecule has 1 aliphatic heterocycles. The normalized spacial score (nSPS) is 13.9. The molecule has 2 heterocycles. The second-order valence-corrected chi connectivity index (χ2v) is 5.99. The maximum atomic E-state index is 12.7. The van der Waals surface area contributed by atoms with Crippen molar-refractivity contribution in [2.24, 2.45) is 0 Å². The Morgan fingerprint density at radius 2 is 1.72 bits per heavy atom. The SMILES string of the molecule is O=C(O)C1=CN(C(=O)c2ccccc2)CCc2c1[nH]c1ccccc21. The van der Waals surface area contributed by atoms with Crippen molar-refractivity contribution in [1.82, 2.24) is 9.88 Å². The first-order valence-corrected chi connectivity index (χ1v) is 8.06. The molecule has 2 aromatic carbocycles. The van der Waals surface area contributed by atoms with Gasteiger partial charge in [0.1, 0.15) is 0 Å². The zero-order valence-electron chi connectivity index (χ0n) is 13.4. The number of hydrogen-bond donors (Lipinski definition) is 2. The number of rotatable bonds is 2. The standard InChI is InChI=1S/C20H16N2O3/c23-19(13-6-2-1-3-7-13)22-11-10-15-14-8-4-5-9-17(14)21-18(15)16(12-22)20(24)25/h1-9,12,21H,10-11H2,(H,24,25). The highest BCUT2D eigenvalue weighted by Gasteiger charge is 2.26. The van der Waals surface area contributed by atoms with Crippen LogP contribution in [0, 0.1) is 0 Å². The average molecular weight is 332 g/mol. The van der Waals surface area contributed by atoms with Crippen LogP contribution in [0.1, 0.15) is 21.6 Å². The predicted octanol–water partition coefficient (Wildman–Crippen LogP) is 3.29. The van der Waals surface area contributed by atoms with Crippen molar-refractivity contribution >= 4 is 28.4 Å². The molecule has 0 saturated heterocycles. The van der Waals surface area contributed by atoms with Crippen molar-refractivity contribution in [3.63, 3.8) is 0 Å². The van der Waals surface area contributed by atoms with E-state index in [0.29, 0.717) is 24.2 Å². The van der Waals surface area contributed by atoms with Gasteiger partial charge < -0.3 is 15.0 Å². The van der Waals surface area contributed by atoms with Crippen LogP contribution in [0.15, 0.2) is 60.8 Å². The van der Waals surface area contributed by atoms with Crippen LogP contribution in [0.5, 0.6) is 0 Å². The van der Waals surface area contributed by atoms with Gasteiger partial charge in [0.25, 0.3) is 5.91 Å². The summed E-state index contributed by atoms with van der Waals surface area (Å²) in [6, 6.07) is 16.6. The fourth-order valence-corrected chi connectivity index (χ4v) is 3.28. The lowest BCUT2D eigenvalue weighted by Gasteiger charge is -2.17. The van der Waals surface area contributed by atoms with E-state index in [0.717, 1.165) is 16.5 Å². The van der Waals surface area contributed by atoms with Gasteiger partial charge in [0.15, 0.2) is 0 Å². The van der Waals surface area contributed by atoms with Gasteiger partial charge in [-0.15, -0.1) is 0 Å². The second-order valence-electron chi connectivity index (χ2n) is 5.99. The van der Waals surface area contributed by atoms with Crippen molar-refractivity contribution in [1.29, 1.82) is 0 Å². The molecule has 5 heteroatoms. The van der Waals surface area contributed by atoms with E-state index in [4.69, 9.17) is 0 Å². The summed E-state index contributed by atoms with van der Waals surface area (Å²) in [6.45, 7) is 0.430. The number of benzene rings is 2. The molecule has 4 rings (SSSR count). The first-order chi connectivity index (χ1) is 12.1. The summed E-state index contributed by atoms with van der Waals surface area (Å²) in [5, 5.41) is 10.7. The van der Waals surface area contributed by atoms with Gasteiger partial charge in [0.05, 0.1) is 11.3 Å². The summed E-state index contributed by atoms with van der Waals surface area (Å²) >= 11 is 0. The fourth-order valence-electron chi connectivity index (χ4n) is 3.28. The number of nitrogens with zero attached hydrogens (tertiary/aromatic N) is 1. The molecule has 0 atom stereocenters. The van der Waals surface area contributed by atoms with E-state index in [1.807, 2.05) is 30.3 Å². The molecule has 0 fully saturated rings. The summed E-state index contributed by atoms with van der Waals surface area (Å²) < 4.78 is 0. The molecule has 0 aliphatic carbocycles. The number of fused-ring (bicyclic) bond motifs is 3. The lowest BCUT2D eigenvalue weighted by molar-refractivity contribution is -0.130. The largest absolute Gasteiger partial charge is 0.478 e. The summed E-state index contributed by atoms with van der Waals surface area (Å²) in [4.78, 5) is 29.2. The number of carboxylic acids is 1. The zero-order valence-corrected chi connectivity index (χ0v) is 13.4. The Labute approximate surface area is 144 Å². The summed E-state index contributed by atoms with van der Waals surface area (Å²) in [7, 11) is 0. The van der Waals surface area contributed by atoms with Crippen LogP contribution >= 0.6 is 0 Å². The van der Waals surface area contributed by atoms with Crippen molar-refractivity contribution in [2.75, 3.05) is 6.54 Å². The first-order valence-electron chi connectivity index (χ1n) is 8.06. The molecular weight excluding hydrogens is 316 g/mol. The van der Waals surface area contributed by atoms with Gasteiger partial charge in [0.2, 0.25) is 0 Å². The van der Waals surface area contributed by atoms with E-state index in [9.17, 15) is 14.7 Å². The summed E-state index contributed by atoms with van der Waals surface area (Å²) in [6.07, 6.45) is 2.03. The molecule has 0 spiro atoms. The minimum Gasteiger partial charge on any atom is -0.478 e. The van der Waals surface area contributed by atoms with Gasteiger partial charge in [-0.25, -0.2) is 4.79 Å². The molecular formula is C20H16N2O3. The highest BCUT2D eigenvalue weighted by atomic mass is 16.4. The van der Waals surface area contributed by atoms with Crippen LogP contribution < -0.4 is 0 Å². The molecule has 0 saturated carbocycles. The number of nitrogens with one attached hydrogen (secondary N) is 1. The van der Waals surface area contributed by atoms with E-state index in [1.54, 1.807) is 24.3 Å². The number of para-hydroxylation sites is 1. The number of aromatic nitrogens is 1. The molecule has 0 radical (unpaired) electrons. The van der Waals surface area contributed by atoms with Crippen molar-refractivity contribution < 1.29 is 14.7 Å². The van der Waals surface area contributed by atoms with E-state index in [-0.39, 0.29) is 11.5 Å².